The Morgan fingerprint density at radius 1 is 1.14 bits per heavy atom. The second-order valence-electron chi connectivity index (χ2n) is 9.43. The molecule has 0 saturated carbocycles. The monoisotopic (exact) mass is 475 g/mol. The van der Waals surface area contributed by atoms with E-state index in [-0.39, 0.29) is 5.82 Å². The van der Waals surface area contributed by atoms with Crippen molar-refractivity contribution in [2.24, 2.45) is 5.92 Å². The van der Waals surface area contributed by atoms with Crippen LogP contribution in [0.25, 0.3) is 22.6 Å². The maximum atomic E-state index is 6.13. The van der Waals surface area contributed by atoms with Crippen LogP contribution in [0.1, 0.15) is 44.6 Å². The van der Waals surface area contributed by atoms with Crippen molar-refractivity contribution in [1.82, 2.24) is 29.7 Å². The van der Waals surface area contributed by atoms with Gasteiger partial charge >= 0.3 is 0 Å². The average Bonchev–Trinajstić information content (AvgIpc) is 3.45. The van der Waals surface area contributed by atoms with Crippen LogP contribution in [0.5, 0.6) is 11.6 Å². The molecule has 3 aromatic heterocycles. The highest BCUT2D eigenvalue weighted by atomic mass is 16.6. The summed E-state index contributed by atoms with van der Waals surface area (Å²) in [5.41, 5.74) is 9.23. The number of pyridine rings is 1. The number of nitrogen functional groups attached to an aromatic ring is 1. The van der Waals surface area contributed by atoms with Gasteiger partial charge in [-0.05, 0) is 86.7 Å². The second kappa shape index (κ2) is 10.4. The molecule has 0 aliphatic carbocycles. The summed E-state index contributed by atoms with van der Waals surface area (Å²) in [6.45, 7) is 5.20. The number of aromatic nitrogens is 5. The molecule has 0 atom stereocenters. The summed E-state index contributed by atoms with van der Waals surface area (Å²) in [7, 11) is 2.22. The molecule has 0 spiro atoms. The molecule has 1 aromatic carbocycles. The van der Waals surface area contributed by atoms with Gasteiger partial charge in [0.05, 0.1) is 11.7 Å². The van der Waals surface area contributed by atoms with Crippen molar-refractivity contribution < 1.29 is 9.37 Å². The Bertz CT molecular complexity index is 1270. The molecule has 1 saturated heterocycles. The number of hydrogen-bond donors (Lipinski definition) is 1. The number of unbranched alkanes of at least 4 members (excludes halogenated alkanes) is 1. The number of fused-ring (bicyclic) bond motifs is 1. The number of rotatable bonds is 9. The molecule has 4 heterocycles. The van der Waals surface area contributed by atoms with E-state index in [0.29, 0.717) is 23.9 Å². The molecule has 0 radical (unpaired) electrons. The van der Waals surface area contributed by atoms with Crippen LogP contribution < -0.4 is 10.5 Å². The number of piperidine rings is 1. The van der Waals surface area contributed by atoms with Gasteiger partial charge in [0.2, 0.25) is 5.88 Å². The van der Waals surface area contributed by atoms with Crippen molar-refractivity contribution >= 4 is 16.9 Å². The minimum Gasteiger partial charge on any atom is -0.439 e. The van der Waals surface area contributed by atoms with E-state index in [1.807, 2.05) is 23.6 Å². The smallest absolute Gasteiger partial charge is 0.221 e. The quantitative estimate of drug-likeness (QED) is 0.340. The molecule has 9 nitrogen and oxygen atoms in total. The Balaban J connectivity index is 1.23. The molecular weight excluding hydrogens is 442 g/mol. The van der Waals surface area contributed by atoms with Gasteiger partial charge in [-0.25, -0.2) is 14.6 Å². The topological polar surface area (TPSA) is 108 Å². The summed E-state index contributed by atoms with van der Waals surface area (Å²) in [6.07, 6.45) is 9.30. The zero-order valence-electron chi connectivity index (χ0n) is 20.5. The lowest BCUT2D eigenvalue weighted by Gasteiger charge is -2.28. The molecule has 5 rings (SSSR count). The van der Waals surface area contributed by atoms with Gasteiger partial charge in [-0.3, -0.25) is 0 Å². The summed E-state index contributed by atoms with van der Waals surface area (Å²) in [4.78, 5) is 11.5. The molecule has 1 aliphatic rings. The maximum absolute atomic E-state index is 6.13. The number of nitrogens with two attached hydrogens (primary N) is 1. The summed E-state index contributed by atoms with van der Waals surface area (Å²) < 4.78 is 12.9. The molecule has 1 aliphatic heterocycles. The Morgan fingerprint density at radius 2 is 2.00 bits per heavy atom. The number of benzene rings is 1. The van der Waals surface area contributed by atoms with Crippen molar-refractivity contribution in [3.05, 3.63) is 42.1 Å². The predicted molar refractivity (Wildman–Crippen MR) is 135 cm³/mol. The van der Waals surface area contributed by atoms with Crippen molar-refractivity contribution in [2.45, 2.75) is 52.0 Å². The Morgan fingerprint density at radius 3 is 2.77 bits per heavy atom. The second-order valence-corrected chi connectivity index (χ2v) is 9.43. The molecule has 0 unspecified atom stereocenters. The zero-order valence-corrected chi connectivity index (χ0v) is 20.5. The number of hydrogen-bond acceptors (Lipinski definition) is 8. The fraction of sp³-hybridized carbons (Fsp3) is 0.462. The van der Waals surface area contributed by atoms with E-state index in [0.717, 1.165) is 29.1 Å². The van der Waals surface area contributed by atoms with E-state index in [4.69, 9.17) is 15.1 Å². The number of imidazole rings is 1. The SMILES string of the molecule is CCn1c(-c2nonc2N)nc2cnc(Oc3cccc(CCCCC4CCN(C)CC4)c3)cc21. The minimum absolute atomic E-state index is 0.211. The maximum Gasteiger partial charge on any atom is 0.221 e. The van der Waals surface area contributed by atoms with E-state index >= 15 is 0 Å². The fourth-order valence-electron chi connectivity index (χ4n) is 4.92. The molecule has 4 aromatic rings. The summed E-state index contributed by atoms with van der Waals surface area (Å²) in [5, 5.41) is 7.57. The van der Waals surface area contributed by atoms with Crippen LogP contribution in [0.4, 0.5) is 5.82 Å². The Hall–Kier alpha value is -3.46. The first kappa shape index (κ1) is 23.3. The van der Waals surface area contributed by atoms with Gasteiger partial charge in [0, 0.05) is 12.6 Å². The highest BCUT2D eigenvalue weighted by Gasteiger charge is 2.19. The zero-order chi connectivity index (χ0) is 24.2. The van der Waals surface area contributed by atoms with Crippen LogP contribution in [0.2, 0.25) is 0 Å². The van der Waals surface area contributed by atoms with Gasteiger partial charge in [-0.15, -0.1) is 0 Å². The van der Waals surface area contributed by atoms with Gasteiger partial charge in [0.25, 0.3) is 0 Å². The van der Waals surface area contributed by atoms with Crippen LogP contribution in [-0.2, 0) is 13.0 Å². The van der Waals surface area contributed by atoms with Crippen molar-refractivity contribution in [3.63, 3.8) is 0 Å². The standard InChI is InChI=1S/C26H33N7O2/c1-3-33-22-16-23(28-17-21(22)29-26(33)24-25(27)31-35-30-24)34-20-10-6-9-19(15-20)8-5-4-7-18-11-13-32(2)14-12-18/h6,9-10,15-18H,3-5,7-8,11-14H2,1-2H3,(H2,27,31). The van der Waals surface area contributed by atoms with Gasteiger partial charge < -0.3 is 19.9 Å². The molecule has 0 amide bonds. The number of nitrogens with zero attached hydrogens (tertiary/aromatic N) is 6. The van der Waals surface area contributed by atoms with E-state index in [9.17, 15) is 0 Å². The summed E-state index contributed by atoms with van der Waals surface area (Å²) >= 11 is 0. The number of anilines is 1. The van der Waals surface area contributed by atoms with E-state index in [1.165, 1.54) is 50.8 Å². The van der Waals surface area contributed by atoms with Gasteiger partial charge in [0.1, 0.15) is 11.3 Å². The van der Waals surface area contributed by atoms with Gasteiger partial charge in [-0.1, -0.05) is 25.0 Å². The fourth-order valence-corrected chi connectivity index (χ4v) is 4.92. The van der Waals surface area contributed by atoms with Gasteiger partial charge in [0.15, 0.2) is 17.3 Å². The summed E-state index contributed by atoms with van der Waals surface area (Å²) in [5.74, 6) is 3.02. The predicted octanol–water partition coefficient (Wildman–Crippen LogP) is 4.93. The molecule has 1 fully saturated rings. The minimum atomic E-state index is 0.211. The Labute approximate surface area is 205 Å². The normalized spacial score (nSPS) is 15.1. The third-order valence-electron chi connectivity index (χ3n) is 6.94. The molecule has 184 valence electrons. The van der Waals surface area contributed by atoms with E-state index in [1.54, 1.807) is 6.20 Å². The number of aryl methyl sites for hydroxylation is 2. The summed E-state index contributed by atoms with van der Waals surface area (Å²) in [6, 6.07) is 10.2. The first-order chi connectivity index (χ1) is 17.1. The third kappa shape index (κ3) is 5.30. The van der Waals surface area contributed by atoms with Crippen molar-refractivity contribution in [2.75, 3.05) is 25.9 Å². The molecule has 35 heavy (non-hydrogen) atoms. The van der Waals surface area contributed by atoms with Crippen LogP contribution in [-0.4, -0.2) is 49.9 Å². The number of ether oxygens (including phenoxy) is 1. The Kier molecular flexibility index (Phi) is 6.94. The molecular formula is C26H33N7O2. The number of likely N-dealkylation sites (tertiary alicyclic amines) is 1. The van der Waals surface area contributed by atoms with Crippen LogP contribution >= 0.6 is 0 Å². The average molecular weight is 476 g/mol. The molecule has 9 heteroatoms. The third-order valence-corrected chi connectivity index (χ3v) is 6.94. The van der Waals surface area contributed by atoms with Crippen molar-refractivity contribution in [1.29, 1.82) is 0 Å². The van der Waals surface area contributed by atoms with Crippen LogP contribution in [0, 0.1) is 5.92 Å². The lowest BCUT2D eigenvalue weighted by molar-refractivity contribution is 0.210. The van der Waals surface area contributed by atoms with E-state index < -0.39 is 0 Å². The lowest BCUT2D eigenvalue weighted by atomic mass is 9.91. The van der Waals surface area contributed by atoms with Gasteiger partial charge in [-0.2, -0.15) is 0 Å². The lowest BCUT2D eigenvalue weighted by Crippen LogP contribution is -2.30. The first-order valence-electron chi connectivity index (χ1n) is 12.5. The highest BCUT2D eigenvalue weighted by Crippen LogP contribution is 2.30. The van der Waals surface area contributed by atoms with Crippen molar-refractivity contribution in [3.8, 4) is 23.1 Å². The first-order valence-corrected chi connectivity index (χ1v) is 12.5. The van der Waals surface area contributed by atoms with E-state index in [2.05, 4.69) is 50.4 Å². The largest absolute Gasteiger partial charge is 0.439 e. The van der Waals surface area contributed by atoms with Crippen LogP contribution in [0.3, 0.4) is 0 Å². The van der Waals surface area contributed by atoms with Crippen LogP contribution in [0.15, 0.2) is 41.2 Å². The molecule has 2 N–H and O–H groups in total. The molecule has 0 bridgehead atoms. The highest BCUT2D eigenvalue weighted by molar-refractivity contribution is 5.81.